The lowest BCUT2D eigenvalue weighted by atomic mass is 10.1. The average Bonchev–Trinajstić information content (AvgIpc) is 2.80. The zero-order valence-electron chi connectivity index (χ0n) is 17.2. The molecule has 0 bridgehead atoms. The summed E-state index contributed by atoms with van der Waals surface area (Å²) in [7, 11) is 1.57. The summed E-state index contributed by atoms with van der Waals surface area (Å²) in [5.74, 6) is 1.65. The summed E-state index contributed by atoms with van der Waals surface area (Å²) in [6.45, 7) is 0.644. The Bertz CT molecular complexity index is 1070. The minimum absolute atomic E-state index is 0.0669. The van der Waals surface area contributed by atoms with Crippen LogP contribution < -0.4 is 19.7 Å². The van der Waals surface area contributed by atoms with Gasteiger partial charge in [0, 0.05) is 30.4 Å². The summed E-state index contributed by atoms with van der Waals surface area (Å²) in [5.41, 5.74) is 1.75. The second kappa shape index (κ2) is 9.30. The van der Waals surface area contributed by atoms with Gasteiger partial charge < -0.3 is 19.7 Å². The summed E-state index contributed by atoms with van der Waals surface area (Å²) in [5, 5.41) is 2.89. The van der Waals surface area contributed by atoms with E-state index in [9.17, 15) is 9.59 Å². The van der Waals surface area contributed by atoms with E-state index in [1.54, 1.807) is 72.9 Å². The average molecular weight is 417 g/mol. The van der Waals surface area contributed by atoms with Gasteiger partial charge in [-0.2, -0.15) is 0 Å². The third-order valence-electron chi connectivity index (χ3n) is 5.04. The summed E-state index contributed by atoms with van der Waals surface area (Å²) in [6.07, 6.45) is 5.65. The van der Waals surface area contributed by atoms with Gasteiger partial charge in [0.1, 0.15) is 17.2 Å². The first kappa shape index (κ1) is 20.4. The van der Waals surface area contributed by atoms with Gasteiger partial charge in [-0.1, -0.05) is 0 Å². The molecule has 2 aromatic carbocycles. The van der Waals surface area contributed by atoms with Gasteiger partial charge in [-0.15, -0.1) is 0 Å². The van der Waals surface area contributed by atoms with Crippen molar-refractivity contribution in [1.29, 1.82) is 0 Å². The van der Waals surface area contributed by atoms with Crippen LogP contribution in [0.25, 0.3) is 0 Å². The molecule has 158 valence electrons. The number of benzene rings is 2. The molecular formula is C24H23N3O4. The third kappa shape index (κ3) is 4.83. The lowest BCUT2D eigenvalue weighted by Crippen LogP contribution is -2.35. The number of hydrogen-bond acceptors (Lipinski definition) is 5. The van der Waals surface area contributed by atoms with Crippen LogP contribution in [-0.2, 0) is 4.79 Å². The molecule has 1 aromatic heterocycles. The van der Waals surface area contributed by atoms with Gasteiger partial charge in [0.05, 0.1) is 19.0 Å². The summed E-state index contributed by atoms with van der Waals surface area (Å²) in [6, 6.07) is 15.7. The van der Waals surface area contributed by atoms with E-state index in [1.807, 2.05) is 6.07 Å². The molecule has 0 atom stereocenters. The topological polar surface area (TPSA) is 80.8 Å². The van der Waals surface area contributed by atoms with Gasteiger partial charge in [-0.05, 0) is 67.4 Å². The first-order valence-corrected chi connectivity index (χ1v) is 10.1. The molecule has 0 aliphatic carbocycles. The van der Waals surface area contributed by atoms with E-state index in [0.717, 1.165) is 12.8 Å². The fraction of sp³-hybridized carbons (Fsp3) is 0.208. The fourth-order valence-electron chi connectivity index (χ4n) is 3.46. The number of methoxy groups -OCH3 is 1. The highest BCUT2D eigenvalue weighted by Gasteiger charge is 2.23. The molecule has 0 spiro atoms. The van der Waals surface area contributed by atoms with Crippen LogP contribution in [0.2, 0.25) is 0 Å². The van der Waals surface area contributed by atoms with Crippen LogP contribution in [0.3, 0.4) is 0 Å². The molecule has 4 rings (SSSR count). The smallest absolute Gasteiger partial charge is 0.255 e. The van der Waals surface area contributed by atoms with Gasteiger partial charge in [-0.3, -0.25) is 14.6 Å². The van der Waals surface area contributed by atoms with E-state index in [4.69, 9.17) is 9.47 Å². The monoisotopic (exact) mass is 417 g/mol. The van der Waals surface area contributed by atoms with Gasteiger partial charge in [0.25, 0.3) is 5.91 Å². The second-order valence-corrected chi connectivity index (χ2v) is 7.16. The number of rotatable bonds is 6. The maximum Gasteiger partial charge on any atom is 0.255 e. The summed E-state index contributed by atoms with van der Waals surface area (Å²) >= 11 is 0. The van der Waals surface area contributed by atoms with Crippen molar-refractivity contribution in [2.45, 2.75) is 19.3 Å². The zero-order valence-corrected chi connectivity index (χ0v) is 17.2. The van der Waals surface area contributed by atoms with Gasteiger partial charge >= 0.3 is 0 Å². The van der Waals surface area contributed by atoms with Crippen LogP contribution in [0.1, 0.15) is 29.6 Å². The molecule has 0 unspecified atom stereocenters. The van der Waals surface area contributed by atoms with Crippen LogP contribution in [0.5, 0.6) is 17.2 Å². The van der Waals surface area contributed by atoms with E-state index in [0.29, 0.717) is 47.2 Å². The van der Waals surface area contributed by atoms with Crippen LogP contribution >= 0.6 is 0 Å². The van der Waals surface area contributed by atoms with Crippen molar-refractivity contribution in [1.82, 2.24) is 4.98 Å². The highest BCUT2D eigenvalue weighted by Crippen LogP contribution is 2.33. The van der Waals surface area contributed by atoms with Crippen LogP contribution in [0.15, 0.2) is 67.0 Å². The second-order valence-electron chi connectivity index (χ2n) is 7.16. The van der Waals surface area contributed by atoms with Crippen molar-refractivity contribution in [3.05, 3.63) is 72.6 Å². The predicted octanol–water partition coefficient (Wildman–Crippen LogP) is 4.65. The lowest BCUT2D eigenvalue weighted by Gasteiger charge is -2.28. The predicted molar refractivity (Wildman–Crippen MR) is 118 cm³/mol. The van der Waals surface area contributed by atoms with Gasteiger partial charge in [-0.25, -0.2) is 0 Å². The number of nitrogens with zero attached hydrogens (tertiary/aromatic N) is 2. The van der Waals surface area contributed by atoms with E-state index < -0.39 is 0 Å². The molecule has 1 aliphatic heterocycles. The Kier molecular flexibility index (Phi) is 6.12. The third-order valence-corrected chi connectivity index (χ3v) is 5.04. The number of nitrogens with one attached hydrogen (secondary N) is 1. The first-order valence-electron chi connectivity index (χ1n) is 10.1. The molecule has 2 amide bonds. The van der Waals surface area contributed by atoms with Crippen LogP contribution in [-0.4, -0.2) is 30.5 Å². The molecular weight excluding hydrogens is 394 g/mol. The Balaban J connectivity index is 1.48. The lowest BCUT2D eigenvalue weighted by molar-refractivity contribution is -0.119. The first-order chi connectivity index (χ1) is 15.1. The van der Waals surface area contributed by atoms with Crippen molar-refractivity contribution in [3.63, 3.8) is 0 Å². The number of pyridine rings is 1. The molecule has 1 fully saturated rings. The largest absolute Gasteiger partial charge is 0.495 e. The molecule has 2 heterocycles. The Morgan fingerprint density at radius 2 is 1.90 bits per heavy atom. The molecule has 1 N–H and O–H groups in total. The molecule has 7 heteroatoms. The maximum atomic E-state index is 12.7. The Labute approximate surface area is 180 Å². The number of amides is 2. The SMILES string of the molecule is COc1ccc(NC(=O)c2ccc(Oc3cccnc3)cc2)cc1N1CCCCC1=O. The highest BCUT2D eigenvalue weighted by molar-refractivity contribution is 6.05. The standard InChI is InChI=1S/C24H23N3O4/c1-30-22-12-9-18(15-21(22)27-14-3-2-6-23(27)28)26-24(29)17-7-10-19(11-8-17)31-20-5-4-13-25-16-20/h4-5,7-13,15-16H,2-3,6,14H2,1H3,(H,26,29). The number of carbonyl (C=O) groups excluding carboxylic acids is 2. The molecule has 0 radical (unpaired) electrons. The molecule has 1 saturated heterocycles. The normalized spacial score (nSPS) is 13.6. The van der Waals surface area contributed by atoms with E-state index in [-0.39, 0.29) is 11.8 Å². The summed E-state index contributed by atoms with van der Waals surface area (Å²) in [4.78, 5) is 30.8. The van der Waals surface area contributed by atoms with E-state index in [1.165, 1.54) is 0 Å². The fourth-order valence-corrected chi connectivity index (χ4v) is 3.46. The maximum absolute atomic E-state index is 12.7. The molecule has 7 nitrogen and oxygen atoms in total. The Morgan fingerprint density at radius 1 is 1.06 bits per heavy atom. The molecule has 3 aromatic rings. The quantitative estimate of drug-likeness (QED) is 0.631. The highest BCUT2D eigenvalue weighted by atomic mass is 16.5. The van der Waals surface area contributed by atoms with Crippen molar-refractivity contribution >= 4 is 23.2 Å². The molecule has 31 heavy (non-hydrogen) atoms. The number of piperidine rings is 1. The number of ether oxygens (including phenoxy) is 2. The number of carbonyl (C=O) groups is 2. The molecule has 0 saturated carbocycles. The Hall–Kier alpha value is -3.87. The summed E-state index contributed by atoms with van der Waals surface area (Å²) < 4.78 is 11.1. The van der Waals surface area contributed by atoms with Crippen molar-refractivity contribution in [3.8, 4) is 17.2 Å². The Morgan fingerprint density at radius 3 is 2.61 bits per heavy atom. The van der Waals surface area contributed by atoms with Crippen LogP contribution in [0, 0.1) is 0 Å². The van der Waals surface area contributed by atoms with Crippen molar-refractivity contribution in [2.75, 3.05) is 23.9 Å². The minimum atomic E-state index is -0.256. The number of hydrogen-bond donors (Lipinski definition) is 1. The van der Waals surface area contributed by atoms with Gasteiger partial charge in [0.2, 0.25) is 5.91 Å². The van der Waals surface area contributed by atoms with E-state index in [2.05, 4.69) is 10.3 Å². The van der Waals surface area contributed by atoms with Crippen molar-refractivity contribution in [2.24, 2.45) is 0 Å². The van der Waals surface area contributed by atoms with E-state index >= 15 is 0 Å². The number of aromatic nitrogens is 1. The molecule has 1 aliphatic rings. The van der Waals surface area contributed by atoms with Gasteiger partial charge in [0.15, 0.2) is 0 Å². The van der Waals surface area contributed by atoms with Crippen molar-refractivity contribution < 1.29 is 19.1 Å². The number of anilines is 2. The minimum Gasteiger partial charge on any atom is -0.495 e. The zero-order chi connectivity index (χ0) is 21.6. The van der Waals surface area contributed by atoms with Crippen LogP contribution in [0.4, 0.5) is 11.4 Å².